The number of benzene rings is 3. The second-order valence-electron chi connectivity index (χ2n) is 9.76. The number of nitrogens with zero attached hydrogens (tertiary/aromatic N) is 3. The average Bonchev–Trinajstić information content (AvgIpc) is 3.44. The predicted molar refractivity (Wildman–Crippen MR) is 150 cm³/mol. The number of rotatable bonds is 6. The SMILES string of the molecule is C[C@H](OC(=O)/C=C/c1cn(-c2ccccc2)nc1-c1ccc2c(c1)OCCO2)C(=O)N1CCc2ccccc2C1. The van der Waals surface area contributed by atoms with Gasteiger partial charge in [0, 0.05) is 36.5 Å². The van der Waals surface area contributed by atoms with Gasteiger partial charge in [0.25, 0.3) is 5.91 Å². The predicted octanol–water partition coefficient (Wildman–Crippen LogP) is 4.84. The Morgan fingerprint density at radius 1 is 0.950 bits per heavy atom. The lowest BCUT2D eigenvalue weighted by molar-refractivity contribution is -0.155. The first-order chi connectivity index (χ1) is 19.5. The lowest BCUT2D eigenvalue weighted by Gasteiger charge is -2.30. The van der Waals surface area contributed by atoms with Crippen molar-refractivity contribution >= 4 is 18.0 Å². The first kappa shape index (κ1) is 25.4. The Hall–Kier alpha value is -4.85. The Balaban J connectivity index is 1.20. The number of carbonyl (C=O) groups is 2. The van der Waals surface area contributed by atoms with Crippen LogP contribution in [0.2, 0.25) is 0 Å². The largest absolute Gasteiger partial charge is 0.486 e. The number of esters is 1. The third-order valence-corrected chi connectivity index (χ3v) is 7.06. The van der Waals surface area contributed by atoms with Crippen molar-refractivity contribution in [2.75, 3.05) is 19.8 Å². The van der Waals surface area contributed by atoms with Gasteiger partial charge in [-0.05, 0) is 60.9 Å². The van der Waals surface area contributed by atoms with Crippen LogP contribution in [0.15, 0.2) is 85.1 Å². The van der Waals surface area contributed by atoms with Crippen molar-refractivity contribution in [2.24, 2.45) is 0 Å². The summed E-state index contributed by atoms with van der Waals surface area (Å²) in [5, 5.41) is 4.80. The molecule has 8 nitrogen and oxygen atoms in total. The van der Waals surface area contributed by atoms with Crippen LogP contribution < -0.4 is 9.47 Å². The lowest BCUT2D eigenvalue weighted by Crippen LogP contribution is -2.42. The average molecular weight is 536 g/mol. The van der Waals surface area contributed by atoms with E-state index in [1.165, 1.54) is 11.6 Å². The second-order valence-corrected chi connectivity index (χ2v) is 9.76. The van der Waals surface area contributed by atoms with E-state index >= 15 is 0 Å². The van der Waals surface area contributed by atoms with Crippen molar-refractivity contribution in [2.45, 2.75) is 26.0 Å². The number of para-hydroxylation sites is 1. The Labute approximate surface area is 232 Å². The summed E-state index contributed by atoms with van der Waals surface area (Å²) in [4.78, 5) is 27.6. The van der Waals surface area contributed by atoms with E-state index in [2.05, 4.69) is 6.07 Å². The fourth-order valence-corrected chi connectivity index (χ4v) is 5.00. The van der Waals surface area contributed by atoms with Crippen LogP contribution in [0.1, 0.15) is 23.6 Å². The molecule has 0 saturated heterocycles. The quantitative estimate of drug-likeness (QED) is 0.260. The highest BCUT2D eigenvalue weighted by atomic mass is 16.6. The molecule has 4 aromatic rings. The summed E-state index contributed by atoms with van der Waals surface area (Å²) in [5.74, 6) is 0.540. The molecule has 1 aromatic heterocycles. The number of fused-ring (bicyclic) bond motifs is 2. The number of hydrogen-bond donors (Lipinski definition) is 0. The van der Waals surface area contributed by atoms with Gasteiger partial charge in [-0.2, -0.15) is 5.10 Å². The van der Waals surface area contributed by atoms with Crippen molar-refractivity contribution in [1.82, 2.24) is 14.7 Å². The Kier molecular flexibility index (Phi) is 7.06. The molecule has 2 aliphatic heterocycles. The molecule has 0 aliphatic carbocycles. The van der Waals surface area contributed by atoms with Crippen LogP contribution in [0.4, 0.5) is 0 Å². The van der Waals surface area contributed by atoms with Crippen LogP contribution in [-0.2, 0) is 27.3 Å². The normalized spacial score (nSPS) is 15.0. The smallest absolute Gasteiger partial charge is 0.331 e. The Morgan fingerprint density at radius 2 is 1.70 bits per heavy atom. The van der Waals surface area contributed by atoms with Crippen molar-refractivity contribution < 1.29 is 23.8 Å². The maximum atomic E-state index is 13.0. The van der Waals surface area contributed by atoms with Crippen LogP contribution in [0, 0.1) is 0 Å². The van der Waals surface area contributed by atoms with Gasteiger partial charge < -0.3 is 19.1 Å². The van der Waals surface area contributed by atoms with Crippen molar-refractivity contribution in [3.05, 3.63) is 102 Å². The van der Waals surface area contributed by atoms with E-state index in [4.69, 9.17) is 19.3 Å². The van der Waals surface area contributed by atoms with Crippen LogP contribution in [0.5, 0.6) is 11.5 Å². The molecule has 0 fully saturated rings. The molecule has 8 heteroatoms. The summed E-state index contributed by atoms with van der Waals surface area (Å²) in [7, 11) is 0. The molecule has 40 heavy (non-hydrogen) atoms. The van der Waals surface area contributed by atoms with Gasteiger partial charge in [-0.15, -0.1) is 0 Å². The zero-order valence-corrected chi connectivity index (χ0v) is 22.2. The number of carbonyl (C=O) groups excluding carboxylic acids is 2. The minimum absolute atomic E-state index is 0.204. The number of ether oxygens (including phenoxy) is 3. The van der Waals surface area contributed by atoms with Gasteiger partial charge in [0.15, 0.2) is 17.6 Å². The summed E-state index contributed by atoms with van der Waals surface area (Å²) in [6.45, 7) is 3.73. The summed E-state index contributed by atoms with van der Waals surface area (Å²) < 4.78 is 18.7. The van der Waals surface area contributed by atoms with Crippen molar-refractivity contribution in [1.29, 1.82) is 0 Å². The van der Waals surface area contributed by atoms with Gasteiger partial charge >= 0.3 is 5.97 Å². The summed E-state index contributed by atoms with van der Waals surface area (Å²) >= 11 is 0. The van der Waals surface area contributed by atoms with Gasteiger partial charge in [0.05, 0.1) is 5.69 Å². The number of amides is 1. The fourth-order valence-electron chi connectivity index (χ4n) is 5.00. The number of hydrogen-bond acceptors (Lipinski definition) is 6. The summed E-state index contributed by atoms with van der Waals surface area (Å²) in [6, 6.07) is 23.5. The first-order valence-electron chi connectivity index (χ1n) is 13.3. The summed E-state index contributed by atoms with van der Waals surface area (Å²) in [5.41, 5.74) is 5.46. The van der Waals surface area contributed by atoms with Crippen LogP contribution >= 0.6 is 0 Å². The van der Waals surface area contributed by atoms with E-state index in [1.54, 1.807) is 22.6 Å². The Bertz CT molecular complexity index is 1580. The molecule has 0 spiro atoms. The minimum Gasteiger partial charge on any atom is -0.486 e. The van der Waals surface area contributed by atoms with Crippen LogP contribution in [-0.4, -0.2) is 52.4 Å². The Morgan fingerprint density at radius 3 is 2.52 bits per heavy atom. The van der Waals surface area contributed by atoms with E-state index in [-0.39, 0.29) is 5.91 Å². The maximum absolute atomic E-state index is 13.0. The molecule has 3 aromatic carbocycles. The third-order valence-electron chi connectivity index (χ3n) is 7.06. The standard InChI is InChI=1S/C32H29N3O5/c1-22(32(37)34-16-15-23-7-5-6-8-25(23)20-34)40-30(36)14-12-26-21-35(27-9-3-2-4-10-27)33-31(26)24-11-13-28-29(19-24)39-18-17-38-28/h2-14,19,21-22H,15-18,20H2,1H3/b14-12+/t22-/m0/s1. The van der Waals surface area contributed by atoms with E-state index in [0.717, 1.165) is 23.2 Å². The van der Waals surface area contributed by atoms with Gasteiger partial charge in [-0.3, -0.25) is 4.79 Å². The van der Waals surface area contributed by atoms with E-state index < -0.39 is 12.1 Å². The molecular formula is C32H29N3O5. The molecule has 0 saturated carbocycles. The topological polar surface area (TPSA) is 82.9 Å². The van der Waals surface area contributed by atoms with Crippen molar-refractivity contribution in [3.63, 3.8) is 0 Å². The molecule has 202 valence electrons. The highest BCUT2D eigenvalue weighted by Crippen LogP contribution is 2.35. The van der Waals surface area contributed by atoms with Gasteiger partial charge in [0.2, 0.25) is 0 Å². The monoisotopic (exact) mass is 535 g/mol. The first-order valence-corrected chi connectivity index (χ1v) is 13.3. The van der Waals surface area contributed by atoms with Gasteiger partial charge in [0.1, 0.15) is 18.9 Å². The summed E-state index contributed by atoms with van der Waals surface area (Å²) in [6.07, 6.45) is 4.74. The van der Waals surface area contributed by atoms with E-state index in [0.29, 0.717) is 49.1 Å². The molecule has 0 bridgehead atoms. The minimum atomic E-state index is -0.897. The van der Waals surface area contributed by atoms with Gasteiger partial charge in [-0.25, -0.2) is 9.48 Å². The van der Waals surface area contributed by atoms with Crippen LogP contribution in [0.25, 0.3) is 23.0 Å². The molecule has 1 amide bonds. The highest BCUT2D eigenvalue weighted by molar-refractivity contribution is 5.91. The second kappa shape index (κ2) is 11.1. The van der Waals surface area contributed by atoms with Crippen LogP contribution in [0.3, 0.4) is 0 Å². The lowest BCUT2D eigenvalue weighted by atomic mass is 9.99. The molecular weight excluding hydrogens is 506 g/mol. The maximum Gasteiger partial charge on any atom is 0.331 e. The number of aromatic nitrogens is 2. The zero-order valence-electron chi connectivity index (χ0n) is 22.2. The fraction of sp³-hybridized carbons (Fsp3) is 0.219. The molecule has 0 radical (unpaired) electrons. The van der Waals surface area contributed by atoms with Crippen molar-refractivity contribution in [3.8, 4) is 28.4 Å². The van der Waals surface area contributed by atoms with E-state index in [9.17, 15) is 9.59 Å². The highest BCUT2D eigenvalue weighted by Gasteiger charge is 2.26. The molecule has 2 aliphatic rings. The molecule has 6 rings (SSSR count). The molecule has 3 heterocycles. The molecule has 1 atom stereocenters. The zero-order chi connectivity index (χ0) is 27.5. The third kappa shape index (κ3) is 5.33. The van der Waals surface area contributed by atoms with Gasteiger partial charge in [-0.1, -0.05) is 42.5 Å². The molecule has 0 unspecified atom stereocenters. The van der Waals surface area contributed by atoms with E-state index in [1.807, 2.05) is 72.9 Å². The molecule has 0 N–H and O–H groups in total.